The van der Waals surface area contributed by atoms with E-state index in [-0.39, 0.29) is 37.3 Å². The third-order valence-electron chi connectivity index (χ3n) is 5.48. The quantitative estimate of drug-likeness (QED) is 0.502. The van der Waals surface area contributed by atoms with E-state index >= 15 is 0 Å². The maximum absolute atomic E-state index is 12.6. The van der Waals surface area contributed by atoms with Crippen LogP contribution in [-0.4, -0.2) is 59.4 Å². The number of carbonyl (C=O) groups is 2. The lowest BCUT2D eigenvalue weighted by Crippen LogP contribution is -2.32. The van der Waals surface area contributed by atoms with Crippen LogP contribution in [0.5, 0.6) is 5.75 Å². The van der Waals surface area contributed by atoms with Crippen molar-refractivity contribution in [3.8, 4) is 5.75 Å². The van der Waals surface area contributed by atoms with Gasteiger partial charge >= 0.3 is 0 Å². The first kappa shape index (κ1) is 25.5. The van der Waals surface area contributed by atoms with Gasteiger partial charge < -0.3 is 20.1 Å². The predicted octanol–water partition coefficient (Wildman–Crippen LogP) is 2.79. The number of benzene rings is 2. The molecule has 1 heterocycles. The number of carbonyl (C=O) groups excluding carboxylic acids is 2. The second kappa shape index (κ2) is 11.8. The van der Waals surface area contributed by atoms with Gasteiger partial charge in [0.2, 0.25) is 15.9 Å². The van der Waals surface area contributed by atoms with Crippen molar-refractivity contribution >= 4 is 33.2 Å². The summed E-state index contributed by atoms with van der Waals surface area (Å²) in [6, 6.07) is 13.6. The molecule has 34 heavy (non-hydrogen) atoms. The minimum atomic E-state index is -3.58. The Labute approximate surface area is 200 Å². The highest BCUT2D eigenvalue weighted by molar-refractivity contribution is 7.92. The zero-order valence-electron chi connectivity index (χ0n) is 19.5. The van der Waals surface area contributed by atoms with E-state index in [4.69, 9.17) is 9.47 Å². The summed E-state index contributed by atoms with van der Waals surface area (Å²) in [7, 11) is -2.11. The molecule has 184 valence electrons. The van der Waals surface area contributed by atoms with E-state index in [1.807, 2.05) is 0 Å². The molecule has 2 N–H and O–H groups in total. The Hall–Kier alpha value is -3.11. The van der Waals surface area contributed by atoms with Crippen molar-refractivity contribution in [1.82, 2.24) is 5.32 Å². The molecule has 1 fully saturated rings. The largest absolute Gasteiger partial charge is 0.495 e. The molecule has 0 bridgehead atoms. The molecule has 9 nitrogen and oxygen atoms in total. The third kappa shape index (κ3) is 6.94. The zero-order chi connectivity index (χ0) is 24.6. The van der Waals surface area contributed by atoms with E-state index in [9.17, 15) is 18.0 Å². The highest BCUT2D eigenvalue weighted by Crippen LogP contribution is 2.29. The molecule has 1 aliphatic rings. The lowest BCUT2D eigenvalue weighted by molar-refractivity contribution is -0.116. The van der Waals surface area contributed by atoms with Crippen molar-refractivity contribution < 1.29 is 27.5 Å². The van der Waals surface area contributed by atoms with Crippen LogP contribution in [0.4, 0.5) is 11.4 Å². The third-order valence-corrected chi connectivity index (χ3v) is 6.66. The number of nitrogens with zero attached hydrogens (tertiary/aromatic N) is 1. The Morgan fingerprint density at radius 2 is 1.88 bits per heavy atom. The van der Waals surface area contributed by atoms with Gasteiger partial charge in [0.1, 0.15) is 5.75 Å². The SMILES string of the molecule is COc1ccccc1N(CCCC(=O)Nc1ccccc1C(=O)NC[C@H]1CCCO1)S(C)(=O)=O. The second-order valence-electron chi connectivity index (χ2n) is 8.05. The molecular weight excluding hydrogens is 458 g/mol. The van der Waals surface area contributed by atoms with Crippen LogP contribution in [-0.2, 0) is 19.6 Å². The Morgan fingerprint density at radius 3 is 2.59 bits per heavy atom. The van der Waals surface area contributed by atoms with E-state index in [2.05, 4.69) is 10.6 Å². The maximum atomic E-state index is 12.6. The Morgan fingerprint density at radius 1 is 1.15 bits per heavy atom. The molecule has 0 saturated carbocycles. The van der Waals surface area contributed by atoms with E-state index in [0.29, 0.717) is 35.8 Å². The number of hydrogen-bond acceptors (Lipinski definition) is 6. The van der Waals surface area contributed by atoms with Crippen LogP contribution in [0.1, 0.15) is 36.0 Å². The molecule has 2 aromatic carbocycles. The highest BCUT2D eigenvalue weighted by Gasteiger charge is 2.22. The Bertz CT molecular complexity index is 1100. The first-order valence-corrected chi connectivity index (χ1v) is 13.0. The summed E-state index contributed by atoms with van der Waals surface area (Å²) >= 11 is 0. The summed E-state index contributed by atoms with van der Waals surface area (Å²) in [5, 5.41) is 5.63. The summed E-state index contributed by atoms with van der Waals surface area (Å²) < 4.78 is 36.8. The number of hydrogen-bond donors (Lipinski definition) is 2. The molecule has 0 aromatic heterocycles. The number of sulfonamides is 1. The minimum Gasteiger partial charge on any atom is -0.495 e. The number of nitrogens with one attached hydrogen (secondary N) is 2. The van der Waals surface area contributed by atoms with Gasteiger partial charge in [-0.25, -0.2) is 8.42 Å². The summed E-state index contributed by atoms with van der Waals surface area (Å²) in [5.41, 5.74) is 1.18. The van der Waals surface area contributed by atoms with Crippen LogP contribution in [0.3, 0.4) is 0 Å². The average Bonchev–Trinajstić information content (AvgIpc) is 3.33. The molecule has 1 aliphatic heterocycles. The summed E-state index contributed by atoms with van der Waals surface area (Å²) in [6.45, 7) is 1.24. The topological polar surface area (TPSA) is 114 Å². The van der Waals surface area contributed by atoms with Crippen LogP contribution in [0, 0.1) is 0 Å². The fourth-order valence-electron chi connectivity index (χ4n) is 3.79. The molecular formula is C24H31N3O6S. The Balaban J connectivity index is 1.58. The monoisotopic (exact) mass is 489 g/mol. The van der Waals surface area contributed by atoms with Gasteiger partial charge in [0.25, 0.3) is 5.91 Å². The average molecular weight is 490 g/mol. The lowest BCUT2D eigenvalue weighted by Gasteiger charge is -2.24. The minimum absolute atomic E-state index is 0.0201. The normalized spacial score (nSPS) is 15.5. The van der Waals surface area contributed by atoms with E-state index in [0.717, 1.165) is 19.1 Å². The molecule has 3 rings (SSSR count). The number of rotatable bonds is 11. The van der Waals surface area contributed by atoms with Crippen molar-refractivity contribution in [2.24, 2.45) is 0 Å². The summed E-state index contributed by atoms with van der Waals surface area (Å²) in [4.78, 5) is 25.2. The molecule has 1 saturated heterocycles. The molecule has 0 unspecified atom stereocenters. The predicted molar refractivity (Wildman–Crippen MR) is 131 cm³/mol. The number of methoxy groups -OCH3 is 1. The zero-order valence-corrected chi connectivity index (χ0v) is 20.3. The lowest BCUT2D eigenvalue weighted by atomic mass is 10.1. The number of anilines is 2. The van der Waals surface area contributed by atoms with Crippen molar-refractivity contribution in [2.75, 3.05) is 42.7 Å². The van der Waals surface area contributed by atoms with Crippen LogP contribution >= 0.6 is 0 Å². The van der Waals surface area contributed by atoms with Gasteiger partial charge in [0, 0.05) is 26.1 Å². The van der Waals surface area contributed by atoms with E-state index in [1.54, 1.807) is 48.5 Å². The molecule has 1 atom stereocenters. The number of amides is 2. The van der Waals surface area contributed by atoms with Crippen molar-refractivity contribution in [3.05, 3.63) is 54.1 Å². The van der Waals surface area contributed by atoms with Gasteiger partial charge in [-0.05, 0) is 43.5 Å². The van der Waals surface area contributed by atoms with Gasteiger partial charge in [-0.15, -0.1) is 0 Å². The number of para-hydroxylation sites is 3. The maximum Gasteiger partial charge on any atom is 0.253 e. The van der Waals surface area contributed by atoms with Gasteiger partial charge in [-0.1, -0.05) is 24.3 Å². The molecule has 2 amide bonds. The van der Waals surface area contributed by atoms with Crippen LogP contribution < -0.4 is 19.7 Å². The molecule has 0 spiro atoms. The number of ether oxygens (including phenoxy) is 2. The second-order valence-corrected chi connectivity index (χ2v) is 9.96. The summed E-state index contributed by atoms with van der Waals surface area (Å²) in [5.74, 6) is -0.168. The van der Waals surface area contributed by atoms with Crippen molar-refractivity contribution in [1.29, 1.82) is 0 Å². The van der Waals surface area contributed by atoms with Crippen molar-refractivity contribution in [3.63, 3.8) is 0 Å². The Kier molecular flexibility index (Phi) is 8.89. The smallest absolute Gasteiger partial charge is 0.253 e. The fourth-order valence-corrected chi connectivity index (χ4v) is 4.76. The molecule has 0 radical (unpaired) electrons. The highest BCUT2D eigenvalue weighted by atomic mass is 32.2. The van der Waals surface area contributed by atoms with Gasteiger partial charge in [-0.3, -0.25) is 13.9 Å². The van der Waals surface area contributed by atoms with Crippen LogP contribution in [0.2, 0.25) is 0 Å². The van der Waals surface area contributed by atoms with Crippen molar-refractivity contribution in [2.45, 2.75) is 31.8 Å². The standard InChI is InChI=1S/C24H31N3O6S/c1-32-22-13-6-5-12-21(22)27(34(2,30)31)15-7-14-23(28)26-20-11-4-3-10-19(20)24(29)25-17-18-9-8-16-33-18/h3-6,10-13,18H,7-9,14-17H2,1-2H3,(H,25,29)(H,26,28)/t18-/m1/s1. The van der Waals surface area contributed by atoms with Crippen LogP contribution in [0.25, 0.3) is 0 Å². The fraction of sp³-hybridized carbons (Fsp3) is 0.417. The van der Waals surface area contributed by atoms with Gasteiger partial charge in [0.05, 0.1) is 36.4 Å². The first-order chi connectivity index (χ1) is 16.3. The molecule has 0 aliphatic carbocycles. The molecule has 2 aromatic rings. The first-order valence-electron chi connectivity index (χ1n) is 11.2. The molecule has 10 heteroatoms. The van der Waals surface area contributed by atoms with Gasteiger partial charge in [-0.2, -0.15) is 0 Å². The van der Waals surface area contributed by atoms with E-state index < -0.39 is 10.0 Å². The van der Waals surface area contributed by atoms with Gasteiger partial charge in [0.15, 0.2) is 0 Å². The summed E-state index contributed by atoms with van der Waals surface area (Å²) in [6.07, 6.45) is 3.40. The van der Waals surface area contributed by atoms with Crippen LogP contribution in [0.15, 0.2) is 48.5 Å². The van der Waals surface area contributed by atoms with E-state index in [1.165, 1.54) is 11.4 Å².